The number of hydrogen-bond acceptors (Lipinski definition) is 3. The lowest BCUT2D eigenvalue weighted by Crippen LogP contribution is -2.26. The predicted molar refractivity (Wildman–Crippen MR) is 100 cm³/mol. The average molecular weight is 360 g/mol. The van der Waals surface area contributed by atoms with Gasteiger partial charge in [0.05, 0.1) is 4.90 Å². The van der Waals surface area contributed by atoms with Crippen molar-refractivity contribution in [1.29, 1.82) is 0 Å². The van der Waals surface area contributed by atoms with Gasteiger partial charge in [-0.1, -0.05) is 37.6 Å². The second-order valence-corrected chi connectivity index (χ2v) is 8.20. The average Bonchev–Trinajstić information content (AvgIpc) is 2.56. The third kappa shape index (κ3) is 5.69. The fourth-order valence-electron chi connectivity index (χ4n) is 2.21. The standard InChI is InChI=1S/C19H24N2O3S/c1-14(2)11-12-20-25(23,24)18-6-4-5-16(13-18)19(22)21-17-9-7-15(3)8-10-17/h4-10,13-14,20H,11-12H2,1-3H3,(H,21,22). The number of anilines is 1. The lowest BCUT2D eigenvalue weighted by molar-refractivity contribution is 0.102. The van der Waals surface area contributed by atoms with Crippen LogP contribution in [0.3, 0.4) is 0 Å². The highest BCUT2D eigenvalue weighted by Crippen LogP contribution is 2.15. The van der Waals surface area contributed by atoms with Gasteiger partial charge in [0.15, 0.2) is 0 Å². The number of carbonyl (C=O) groups excluding carboxylic acids is 1. The molecule has 0 bridgehead atoms. The van der Waals surface area contributed by atoms with E-state index in [-0.39, 0.29) is 10.8 Å². The maximum absolute atomic E-state index is 12.4. The summed E-state index contributed by atoms with van der Waals surface area (Å²) in [7, 11) is -3.62. The Labute approximate surface area is 149 Å². The number of hydrogen-bond donors (Lipinski definition) is 2. The molecule has 2 rings (SSSR count). The summed E-state index contributed by atoms with van der Waals surface area (Å²) >= 11 is 0. The van der Waals surface area contributed by atoms with Crippen LogP contribution in [0.4, 0.5) is 5.69 Å². The van der Waals surface area contributed by atoms with E-state index in [0.717, 1.165) is 12.0 Å². The van der Waals surface area contributed by atoms with Crippen LogP contribution in [0.5, 0.6) is 0 Å². The number of aryl methyl sites for hydroxylation is 1. The van der Waals surface area contributed by atoms with Gasteiger partial charge in [0.25, 0.3) is 5.91 Å². The molecule has 0 radical (unpaired) electrons. The molecule has 6 heteroatoms. The highest BCUT2D eigenvalue weighted by atomic mass is 32.2. The molecule has 2 aromatic carbocycles. The summed E-state index contributed by atoms with van der Waals surface area (Å²) in [5, 5.41) is 2.77. The molecule has 2 aromatic rings. The first-order valence-corrected chi connectivity index (χ1v) is 9.74. The van der Waals surface area contributed by atoms with E-state index in [2.05, 4.69) is 10.0 Å². The van der Waals surface area contributed by atoms with Crippen LogP contribution in [0, 0.1) is 12.8 Å². The van der Waals surface area contributed by atoms with Crippen molar-refractivity contribution in [1.82, 2.24) is 4.72 Å². The maximum atomic E-state index is 12.4. The van der Waals surface area contributed by atoms with Crippen molar-refractivity contribution in [2.24, 2.45) is 5.92 Å². The Hall–Kier alpha value is -2.18. The molecule has 0 aromatic heterocycles. The van der Waals surface area contributed by atoms with E-state index in [4.69, 9.17) is 0 Å². The number of amides is 1. The van der Waals surface area contributed by atoms with E-state index in [1.165, 1.54) is 12.1 Å². The fraction of sp³-hybridized carbons (Fsp3) is 0.316. The highest BCUT2D eigenvalue weighted by Gasteiger charge is 2.16. The van der Waals surface area contributed by atoms with Gasteiger partial charge in [-0.2, -0.15) is 0 Å². The zero-order valence-corrected chi connectivity index (χ0v) is 15.6. The molecule has 5 nitrogen and oxygen atoms in total. The molecule has 134 valence electrons. The molecule has 0 aliphatic heterocycles. The van der Waals surface area contributed by atoms with Crippen molar-refractivity contribution in [2.75, 3.05) is 11.9 Å². The van der Waals surface area contributed by atoms with Gasteiger partial charge in [0.2, 0.25) is 10.0 Å². The van der Waals surface area contributed by atoms with Crippen LogP contribution in [0.2, 0.25) is 0 Å². The first kappa shape index (κ1) is 19.1. The van der Waals surface area contributed by atoms with Gasteiger partial charge in [0.1, 0.15) is 0 Å². The van der Waals surface area contributed by atoms with Crippen LogP contribution in [0.15, 0.2) is 53.4 Å². The maximum Gasteiger partial charge on any atom is 0.255 e. The molecule has 1 amide bonds. The Morgan fingerprint density at radius 2 is 1.76 bits per heavy atom. The highest BCUT2D eigenvalue weighted by molar-refractivity contribution is 7.89. The molecule has 0 aliphatic rings. The van der Waals surface area contributed by atoms with E-state index >= 15 is 0 Å². The fourth-order valence-corrected chi connectivity index (χ4v) is 3.30. The predicted octanol–water partition coefficient (Wildman–Crippen LogP) is 3.57. The summed E-state index contributed by atoms with van der Waals surface area (Å²) in [6, 6.07) is 13.5. The summed E-state index contributed by atoms with van der Waals surface area (Å²) in [5.41, 5.74) is 2.06. The van der Waals surface area contributed by atoms with Crippen LogP contribution >= 0.6 is 0 Å². The molecule has 0 spiro atoms. The van der Waals surface area contributed by atoms with Gasteiger partial charge in [-0.05, 0) is 49.6 Å². The van der Waals surface area contributed by atoms with Gasteiger partial charge in [-0.3, -0.25) is 4.79 Å². The normalized spacial score (nSPS) is 11.5. The Bertz CT molecular complexity index is 828. The van der Waals surface area contributed by atoms with Gasteiger partial charge in [-0.15, -0.1) is 0 Å². The second-order valence-electron chi connectivity index (χ2n) is 6.43. The number of benzene rings is 2. The van der Waals surface area contributed by atoms with E-state index in [9.17, 15) is 13.2 Å². The molecule has 0 unspecified atom stereocenters. The van der Waals surface area contributed by atoms with Crippen LogP contribution in [0.1, 0.15) is 36.2 Å². The minimum Gasteiger partial charge on any atom is -0.322 e. The van der Waals surface area contributed by atoms with Crippen molar-refractivity contribution in [2.45, 2.75) is 32.1 Å². The minimum absolute atomic E-state index is 0.0906. The van der Waals surface area contributed by atoms with E-state index in [1.54, 1.807) is 24.3 Å². The number of carbonyl (C=O) groups is 1. The third-order valence-corrected chi connectivity index (χ3v) is 5.19. The molecular weight excluding hydrogens is 336 g/mol. The second kappa shape index (κ2) is 8.27. The van der Waals surface area contributed by atoms with Gasteiger partial charge in [-0.25, -0.2) is 13.1 Å². The van der Waals surface area contributed by atoms with Crippen molar-refractivity contribution >= 4 is 21.6 Å². The largest absolute Gasteiger partial charge is 0.322 e. The molecule has 25 heavy (non-hydrogen) atoms. The van der Waals surface area contributed by atoms with Gasteiger partial charge < -0.3 is 5.32 Å². The Morgan fingerprint density at radius 3 is 2.40 bits per heavy atom. The van der Waals surface area contributed by atoms with Crippen molar-refractivity contribution in [3.8, 4) is 0 Å². The Balaban J connectivity index is 2.11. The first-order valence-electron chi connectivity index (χ1n) is 8.25. The zero-order chi connectivity index (χ0) is 18.4. The van der Waals surface area contributed by atoms with Crippen LogP contribution in [0.25, 0.3) is 0 Å². The van der Waals surface area contributed by atoms with Crippen LogP contribution in [-0.4, -0.2) is 20.9 Å². The van der Waals surface area contributed by atoms with E-state index < -0.39 is 10.0 Å². The van der Waals surface area contributed by atoms with Crippen molar-refractivity contribution < 1.29 is 13.2 Å². The smallest absolute Gasteiger partial charge is 0.255 e. The van der Waals surface area contributed by atoms with Crippen LogP contribution < -0.4 is 10.0 Å². The summed E-state index contributed by atoms with van der Waals surface area (Å²) in [4.78, 5) is 12.4. The number of rotatable bonds is 7. The lowest BCUT2D eigenvalue weighted by Gasteiger charge is -2.10. The summed E-state index contributed by atoms with van der Waals surface area (Å²) in [6.07, 6.45) is 0.757. The van der Waals surface area contributed by atoms with Crippen molar-refractivity contribution in [3.05, 3.63) is 59.7 Å². The SMILES string of the molecule is Cc1ccc(NC(=O)c2cccc(S(=O)(=O)NCCC(C)C)c2)cc1. The molecule has 2 N–H and O–H groups in total. The molecular formula is C19H24N2O3S. The Kier molecular flexibility index (Phi) is 6.33. The van der Waals surface area contributed by atoms with Crippen LogP contribution in [-0.2, 0) is 10.0 Å². The topological polar surface area (TPSA) is 75.3 Å². The summed E-state index contributed by atoms with van der Waals surface area (Å²) < 4.78 is 27.3. The summed E-state index contributed by atoms with van der Waals surface area (Å²) in [6.45, 7) is 6.40. The molecule has 0 heterocycles. The Morgan fingerprint density at radius 1 is 1.08 bits per heavy atom. The molecule has 0 fully saturated rings. The molecule has 0 atom stereocenters. The van der Waals surface area contributed by atoms with E-state index in [0.29, 0.717) is 23.7 Å². The minimum atomic E-state index is -3.62. The number of sulfonamides is 1. The molecule has 0 saturated heterocycles. The quantitative estimate of drug-likeness (QED) is 0.792. The van der Waals surface area contributed by atoms with E-state index in [1.807, 2.05) is 32.9 Å². The monoisotopic (exact) mass is 360 g/mol. The molecule has 0 saturated carbocycles. The van der Waals surface area contributed by atoms with Gasteiger partial charge >= 0.3 is 0 Å². The van der Waals surface area contributed by atoms with Gasteiger partial charge in [0, 0.05) is 17.8 Å². The summed E-state index contributed by atoms with van der Waals surface area (Å²) in [5.74, 6) is 0.0670. The lowest BCUT2D eigenvalue weighted by atomic mass is 10.1. The number of nitrogens with one attached hydrogen (secondary N) is 2. The first-order chi connectivity index (χ1) is 11.8. The molecule has 0 aliphatic carbocycles. The third-order valence-electron chi connectivity index (χ3n) is 3.73. The van der Waals surface area contributed by atoms with Crippen molar-refractivity contribution in [3.63, 3.8) is 0 Å². The zero-order valence-electron chi connectivity index (χ0n) is 14.7.